The van der Waals surface area contributed by atoms with E-state index < -0.39 is 0 Å². The van der Waals surface area contributed by atoms with E-state index in [1.165, 1.54) is 16.0 Å². The molecule has 1 aliphatic heterocycles. The van der Waals surface area contributed by atoms with Gasteiger partial charge in [0.1, 0.15) is 0 Å². The molecule has 1 aromatic heterocycles. The van der Waals surface area contributed by atoms with Crippen LogP contribution in [0.15, 0.2) is 46.8 Å². The average Bonchev–Trinajstić information content (AvgIpc) is 3.20. The van der Waals surface area contributed by atoms with Crippen molar-refractivity contribution in [1.82, 2.24) is 15.5 Å². The lowest BCUT2D eigenvalue weighted by molar-refractivity contribution is 0.0177. The highest BCUT2D eigenvalue weighted by Crippen LogP contribution is 2.25. The predicted molar refractivity (Wildman–Crippen MR) is 124 cm³/mol. The summed E-state index contributed by atoms with van der Waals surface area (Å²) in [4.78, 5) is 8.26. The van der Waals surface area contributed by atoms with Crippen LogP contribution in [0.3, 0.4) is 0 Å². The van der Waals surface area contributed by atoms with Crippen molar-refractivity contribution in [2.24, 2.45) is 4.99 Å². The maximum absolute atomic E-state index is 5.52. The molecule has 2 heterocycles. The van der Waals surface area contributed by atoms with E-state index in [4.69, 9.17) is 4.74 Å². The Bertz CT molecular complexity index is 702. The topological polar surface area (TPSA) is 48.9 Å². The second-order valence-corrected chi connectivity index (χ2v) is 7.45. The van der Waals surface area contributed by atoms with Crippen LogP contribution in [0, 0.1) is 6.92 Å². The van der Waals surface area contributed by atoms with Crippen LogP contribution in [-0.4, -0.2) is 50.8 Å². The molecule has 3 rings (SSSR count). The summed E-state index contributed by atoms with van der Waals surface area (Å²) in [5.74, 6) is 0.835. The maximum Gasteiger partial charge on any atom is 0.191 e. The molecule has 0 aliphatic carbocycles. The predicted octanol–water partition coefficient (Wildman–Crippen LogP) is 3.41. The van der Waals surface area contributed by atoms with E-state index in [0.717, 1.165) is 45.4 Å². The quantitative estimate of drug-likeness (QED) is 0.363. The number of ether oxygens (including phenoxy) is 1. The van der Waals surface area contributed by atoms with Crippen LogP contribution in [0.1, 0.15) is 22.0 Å². The third-order valence-corrected chi connectivity index (χ3v) is 5.56. The molecule has 0 radical (unpaired) electrons. The summed E-state index contributed by atoms with van der Waals surface area (Å²) in [7, 11) is 1.82. The highest BCUT2D eigenvalue weighted by molar-refractivity contribution is 14.0. The van der Waals surface area contributed by atoms with Gasteiger partial charge in [0.2, 0.25) is 0 Å². The van der Waals surface area contributed by atoms with Crippen LogP contribution < -0.4 is 10.6 Å². The summed E-state index contributed by atoms with van der Waals surface area (Å²) in [6, 6.07) is 13.2. The Morgan fingerprint density at radius 2 is 2.04 bits per heavy atom. The number of hydrogen-bond donors (Lipinski definition) is 2. The molecule has 7 heteroatoms. The molecule has 1 aliphatic rings. The Morgan fingerprint density at radius 1 is 1.22 bits per heavy atom. The Hall–Kier alpha value is -1.16. The van der Waals surface area contributed by atoms with Gasteiger partial charge in [-0.05, 0) is 23.9 Å². The molecule has 0 saturated carbocycles. The normalized spacial score (nSPS) is 16.4. The Morgan fingerprint density at radius 3 is 2.70 bits per heavy atom. The lowest BCUT2D eigenvalue weighted by Crippen LogP contribution is -2.46. The fourth-order valence-electron chi connectivity index (χ4n) is 3.20. The average molecular weight is 500 g/mol. The number of nitrogens with zero attached hydrogens (tertiary/aromatic N) is 2. The molecule has 5 nitrogen and oxygen atoms in total. The first-order valence-corrected chi connectivity index (χ1v) is 9.99. The number of hydrogen-bond acceptors (Lipinski definition) is 4. The van der Waals surface area contributed by atoms with E-state index in [2.05, 4.69) is 69.2 Å². The monoisotopic (exact) mass is 500 g/mol. The summed E-state index contributed by atoms with van der Waals surface area (Å²) in [5.41, 5.74) is 2.54. The van der Waals surface area contributed by atoms with E-state index in [1.54, 1.807) is 0 Å². The Balaban J connectivity index is 0.00000261. The Labute approximate surface area is 183 Å². The second-order valence-electron chi connectivity index (χ2n) is 6.48. The van der Waals surface area contributed by atoms with Gasteiger partial charge in [0.05, 0.1) is 19.3 Å². The first-order chi connectivity index (χ1) is 12.8. The minimum atomic E-state index is 0. The number of rotatable bonds is 6. The summed E-state index contributed by atoms with van der Waals surface area (Å²) in [6.45, 7) is 7.27. The zero-order valence-electron chi connectivity index (χ0n) is 16.0. The zero-order valence-corrected chi connectivity index (χ0v) is 19.1. The van der Waals surface area contributed by atoms with Gasteiger partial charge in [-0.1, -0.05) is 35.9 Å². The zero-order chi connectivity index (χ0) is 18.2. The lowest BCUT2D eigenvalue weighted by Gasteiger charge is -2.34. The van der Waals surface area contributed by atoms with Crippen LogP contribution in [0.5, 0.6) is 0 Å². The van der Waals surface area contributed by atoms with E-state index in [0.29, 0.717) is 6.04 Å². The number of aryl methyl sites for hydroxylation is 1. The van der Waals surface area contributed by atoms with Crippen LogP contribution in [0.2, 0.25) is 0 Å². The van der Waals surface area contributed by atoms with Crippen LogP contribution in [-0.2, 0) is 11.3 Å². The molecular formula is C20H29IN4OS. The minimum absolute atomic E-state index is 0. The summed E-state index contributed by atoms with van der Waals surface area (Å²) < 4.78 is 5.52. The van der Waals surface area contributed by atoms with Gasteiger partial charge in [-0.2, -0.15) is 0 Å². The molecule has 0 bridgehead atoms. The SMILES string of the molecule is CN=C(NCc1cccc(C)c1)NCC(c1cccs1)N1CCOCC1.I. The van der Waals surface area contributed by atoms with Crippen molar-refractivity contribution in [1.29, 1.82) is 0 Å². The molecule has 1 fully saturated rings. The van der Waals surface area contributed by atoms with Gasteiger partial charge in [-0.3, -0.25) is 9.89 Å². The molecule has 1 saturated heterocycles. The van der Waals surface area contributed by atoms with Gasteiger partial charge in [-0.25, -0.2) is 0 Å². The van der Waals surface area contributed by atoms with Crippen molar-refractivity contribution in [2.75, 3.05) is 39.9 Å². The number of thiophene rings is 1. The number of morpholine rings is 1. The summed E-state index contributed by atoms with van der Waals surface area (Å²) in [6.07, 6.45) is 0. The summed E-state index contributed by atoms with van der Waals surface area (Å²) >= 11 is 1.81. The molecule has 1 atom stereocenters. The molecule has 0 spiro atoms. The number of nitrogens with one attached hydrogen (secondary N) is 2. The first kappa shape index (κ1) is 22.1. The van der Waals surface area contributed by atoms with Gasteiger partial charge in [0.15, 0.2) is 5.96 Å². The van der Waals surface area contributed by atoms with Crippen molar-refractivity contribution >= 4 is 41.3 Å². The fourth-order valence-corrected chi connectivity index (χ4v) is 4.06. The van der Waals surface area contributed by atoms with Gasteiger partial charge in [-0.15, -0.1) is 35.3 Å². The van der Waals surface area contributed by atoms with Crippen LogP contribution in [0.25, 0.3) is 0 Å². The Kier molecular flexibility index (Phi) is 9.53. The largest absolute Gasteiger partial charge is 0.379 e. The van der Waals surface area contributed by atoms with E-state index >= 15 is 0 Å². The van der Waals surface area contributed by atoms with Crippen molar-refractivity contribution in [2.45, 2.75) is 19.5 Å². The third kappa shape index (κ3) is 6.74. The standard InChI is InChI=1S/C20H28N4OS.HI/c1-16-5-3-6-17(13-16)14-22-20(21-2)23-15-18(19-7-4-12-26-19)24-8-10-25-11-9-24;/h3-7,12-13,18H,8-11,14-15H2,1-2H3,(H2,21,22,23);1H. The number of halogens is 1. The van der Waals surface area contributed by atoms with Crippen molar-refractivity contribution in [3.05, 3.63) is 57.8 Å². The number of guanidine groups is 1. The van der Waals surface area contributed by atoms with Crippen molar-refractivity contribution in [3.8, 4) is 0 Å². The highest BCUT2D eigenvalue weighted by atomic mass is 127. The smallest absolute Gasteiger partial charge is 0.191 e. The van der Waals surface area contributed by atoms with Crippen LogP contribution >= 0.6 is 35.3 Å². The van der Waals surface area contributed by atoms with Gasteiger partial charge < -0.3 is 15.4 Å². The van der Waals surface area contributed by atoms with E-state index in [9.17, 15) is 0 Å². The number of aliphatic imine (C=N–C) groups is 1. The lowest BCUT2D eigenvalue weighted by atomic mass is 10.1. The molecule has 1 aromatic carbocycles. The second kappa shape index (κ2) is 11.6. The van der Waals surface area contributed by atoms with Crippen LogP contribution in [0.4, 0.5) is 0 Å². The van der Waals surface area contributed by atoms with Gasteiger partial charge in [0.25, 0.3) is 0 Å². The number of benzene rings is 1. The first-order valence-electron chi connectivity index (χ1n) is 9.11. The molecule has 2 aromatic rings. The minimum Gasteiger partial charge on any atom is -0.379 e. The highest BCUT2D eigenvalue weighted by Gasteiger charge is 2.23. The summed E-state index contributed by atoms with van der Waals surface area (Å²) in [5, 5.41) is 9.07. The van der Waals surface area contributed by atoms with Gasteiger partial charge in [0, 0.05) is 38.1 Å². The third-order valence-electron chi connectivity index (χ3n) is 4.59. The fraction of sp³-hybridized carbons (Fsp3) is 0.450. The van der Waals surface area contributed by atoms with Crippen molar-refractivity contribution < 1.29 is 4.74 Å². The van der Waals surface area contributed by atoms with Gasteiger partial charge >= 0.3 is 0 Å². The molecule has 148 valence electrons. The molecule has 1 unspecified atom stereocenters. The molecule has 2 N–H and O–H groups in total. The maximum atomic E-state index is 5.52. The van der Waals surface area contributed by atoms with Crippen molar-refractivity contribution in [3.63, 3.8) is 0 Å². The molecular weight excluding hydrogens is 471 g/mol. The molecule has 27 heavy (non-hydrogen) atoms. The molecule has 0 amide bonds. The van der Waals surface area contributed by atoms with E-state index in [1.807, 2.05) is 18.4 Å². The van der Waals surface area contributed by atoms with E-state index in [-0.39, 0.29) is 24.0 Å².